The summed E-state index contributed by atoms with van der Waals surface area (Å²) in [5.41, 5.74) is 1.83. The van der Waals surface area contributed by atoms with E-state index in [9.17, 15) is 9.59 Å². The van der Waals surface area contributed by atoms with Crippen LogP contribution in [0.2, 0.25) is 0 Å². The predicted octanol–water partition coefficient (Wildman–Crippen LogP) is 2.33. The van der Waals surface area contributed by atoms with E-state index in [-0.39, 0.29) is 18.4 Å². The summed E-state index contributed by atoms with van der Waals surface area (Å²) in [6.07, 6.45) is 0. The fraction of sp³-hybridized carbons (Fsp3) is 0.350. The zero-order valence-corrected chi connectivity index (χ0v) is 16.7. The number of rotatable bonds is 4. The van der Waals surface area contributed by atoms with E-state index < -0.39 is 0 Å². The molecule has 0 bridgehead atoms. The number of hydrogen-bond donors (Lipinski definition) is 0. The molecule has 28 heavy (non-hydrogen) atoms. The van der Waals surface area contributed by atoms with Crippen LogP contribution in [-0.2, 0) is 9.53 Å². The summed E-state index contributed by atoms with van der Waals surface area (Å²) in [5, 5.41) is 5.57. The second-order valence-corrected chi connectivity index (χ2v) is 7.85. The molecule has 0 aliphatic carbocycles. The van der Waals surface area contributed by atoms with Gasteiger partial charge in [-0.3, -0.25) is 9.59 Å². The highest BCUT2D eigenvalue weighted by Crippen LogP contribution is 2.31. The van der Waals surface area contributed by atoms with Gasteiger partial charge in [0.1, 0.15) is 4.83 Å². The van der Waals surface area contributed by atoms with E-state index in [2.05, 4.69) is 5.10 Å². The summed E-state index contributed by atoms with van der Waals surface area (Å²) in [6.45, 7) is 4.26. The van der Waals surface area contributed by atoms with Crippen molar-refractivity contribution in [2.24, 2.45) is 0 Å². The Kier molecular flexibility index (Phi) is 5.15. The van der Waals surface area contributed by atoms with Crippen LogP contribution in [0.15, 0.2) is 36.4 Å². The summed E-state index contributed by atoms with van der Waals surface area (Å²) in [7, 11) is 1.67. The van der Waals surface area contributed by atoms with E-state index in [1.54, 1.807) is 11.9 Å². The van der Waals surface area contributed by atoms with Crippen LogP contribution >= 0.6 is 11.3 Å². The van der Waals surface area contributed by atoms with Gasteiger partial charge in [-0.1, -0.05) is 18.2 Å². The summed E-state index contributed by atoms with van der Waals surface area (Å²) in [6, 6.07) is 11.7. The zero-order valence-electron chi connectivity index (χ0n) is 15.9. The summed E-state index contributed by atoms with van der Waals surface area (Å²) < 4.78 is 7.14. The molecule has 2 aromatic heterocycles. The summed E-state index contributed by atoms with van der Waals surface area (Å²) >= 11 is 1.40. The number of para-hydroxylation sites is 1. The molecule has 4 rings (SSSR count). The standard InChI is InChI=1S/C20H22N4O3S/c1-14-16-12-17(28-20(16)24(21-14)15-6-4-3-5-7-15)19(26)22(2)13-18(25)23-8-10-27-11-9-23/h3-7,12H,8-11,13H2,1-2H3. The second-order valence-electron chi connectivity index (χ2n) is 6.82. The zero-order chi connectivity index (χ0) is 19.7. The predicted molar refractivity (Wildman–Crippen MR) is 108 cm³/mol. The Morgan fingerprint density at radius 3 is 2.64 bits per heavy atom. The molecular formula is C20H22N4O3S. The van der Waals surface area contributed by atoms with E-state index in [1.165, 1.54) is 16.2 Å². The average molecular weight is 398 g/mol. The lowest BCUT2D eigenvalue weighted by Crippen LogP contribution is -2.46. The summed E-state index contributed by atoms with van der Waals surface area (Å²) in [4.78, 5) is 30.1. The van der Waals surface area contributed by atoms with Crippen molar-refractivity contribution >= 4 is 33.4 Å². The third-order valence-corrected chi connectivity index (χ3v) is 5.94. The molecule has 1 aliphatic heterocycles. The summed E-state index contributed by atoms with van der Waals surface area (Å²) in [5.74, 6) is -0.200. The number of morpholine rings is 1. The maximum absolute atomic E-state index is 12.9. The first kappa shape index (κ1) is 18.6. The average Bonchev–Trinajstić information content (AvgIpc) is 3.29. The molecule has 3 aromatic rings. The molecule has 0 atom stereocenters. The lowest BCUT2D eigenvalue weighted by molar-refractivity contribution is -0.135. The van der Waals surface area contributed by atoms with Crippen molar-refractivity contribution in [1.29, 1.82) is 0 Å². The number of likely N-dealkylation sites (N-methyl/N-ethyl adjacent to an activating group) is 1. The van der Waals surface area contributed by atoms with Gasteiger partial charge in [0.2, 0.25) is 5.91 Å². The Morgan fingerprint density at radius 1 is 1.21 bits per heavy atom. The SMILES string of the molecule is Cc1nn(-c2ccccc2)c2sc(C(=O)N(C)CC(=O)N3CCOCC3)cc12. The van der Waals surface area contributed by atoms with Crippen LogP contribution in [0.4, 0.5) is 0 Å². The van der Waals surface area contributed by atoms with Gasteiger partial charge in [0.05, 0.1) is 36.0 Å². The van der Waals surface area contributed by atoms with Gasteiger partial charge in [0.15, 0.2) is 0 Å². The molecule has 0 spiro atoms. The first-order chi connectivity index (χ1) is 13.5. The molecule has 8 heteroatoms. The normalized spacial score (nSPS) is 14.4. The number of aromatic nitrogens is 2. The highest BCUT2D eigenvalue weighted by molar-refractivity contribution is 7.20. The molecule has 1 fully saturated rings. The van der Waals surface area contributed by atoms with Gasteiger partial charge in [0, 0.05) is 25.5 Å². The molecule has 146 valence electrons. The van der Waals surface area contributed by atoms with Crippen molar-refractivity contribution in [1.82, 2.24) is 19.6 Å². The number of aryl methyl sites for hydroxylation is 1. The lowest BCUT2D eigenvalue weighted by Gasteiger charge is -2.28. The molecule has 0 radical (unpaired) electrons. The van der Waals surface area contributed by atoms with Crippen LogP contribution in [0.1, 0.15) is 15.4 Å². The van der Waals surface area contributed by atoms with E-state index in [0.29, 0.717) is 31.2 Å². The number of benzene rings is 1. The largest absolute Gasteiger partial charge is 0.378 e. The molecule has 1 aliphatic rings. The van der Waals surface area contributed by atoms with Crippen molar-refractivity contribution in [3.8, 4) is 5.69 Å². The monoisotopic (exact) mass is 398 g/mol. The van der Waals surface area contributed by atoms with Crippen LogP contribution in [-0.4, -0.2) is 71.3 Å². The quantitative estimate of drug-likeness (QED) is 0.677. The minimum atomic E-state index is -0.151. The van der Waals surface area contributed by atoms with Gasteiger partial charge in [-0.25, -0.2) is 4.68 Å². The Hall–Kier alpha value is -2.71. The Balaban J connectivity index is 1.55. The smallest absolute Gasteiger partial charge is 0.264 e. The van der Waals surface area contributed by atoms with Gasteiger partial charge in [-0.15, -0.1) is 11.3 Å². The van der Waals surface area contributed by atoms with Gasteiger partial charge in [-0.05, 0) is 25.1 Å². The Bertz CT molecular complexity index is 1010. The maximum Gasteiger partial charge on any atom is 0.264 e. The molecule has 0 saturated carbocycles. The Labute approximate surface area is 167 Å². The van der Waals surface area contributed by atoms with E-state index >= 15 is 0 Å². The highest BCUT2D eigenvalue weighted by atomic mass is 32.1. The molecule has 7 nitrogen and oxygen atoms in total. The van der Waals surface area contributed by atoms with Gasteiger partial charge >= 0.3 is 0 Å². The van der Waals surface area contributed by atoms with Crippen molar-refractivity contribution in [2.75, 3.05) is 39.9 Å². The fourth-order valence-corrected chi connectivity index (χ4v) is 4.45. The van der Waals surface area contributed by atoms with Crippen molar-refractivity contribution in [3.05, 3.63) is 47.0 Å². The topological polar surface area (TPSA) is 67.7 Å². The first-order valence-electron chi connectivity index (χ1n) is 9.20. The highest BCUT2D eigenvalue weighted by Gasteiger charge is 2.23. The van der Waals surface area contributed by atoms with Gasteiger partial charge in [-0.2, -0.15) is 5.10 Å². The minimum absolute atomic E-state index is 0.0492. The molecular weight excluding hydrogens is 376 g/mol. The van der Waals surface area contributed by atoms with Crippen molar-refractivity contribution in [2.45, 2.75) is 6.92 Å². The number of hydrogen-bond acceptors (Lipinski definition) is 5. The number of nitrogens with zero attached hydrogens (tertiary/aromatic N) is 4. The van der Waals surface area contributed by atoms with Gasteiger partial charge in [0.25, 0.3) is 5.91 Å². The van der Waals surface area contributed by atoms with Crippen LogP contribution in [0.25, 0.3) is 15.9 Å². The molecule has 3 heterocycles. The second kappa shape index (κ2) is 7.73. The van der Waals surface area contributed by atoms with Crippen LogP contribution in [0, 0.1) is 6.92 Å². The number of carbonyl (C=O) groups excluding carboxylic acids is 2. The van der Waals surface area contributed by atoms with E-state index in [0.717, 1.165) is 21.6 Å². The van der Waals surface area contributed by atoms with Crippen LogP contribution in [0.3, 0.4) is 0 Å². The fourth-order valence-electron chi connectivity index (χ4n) is 3.27. The van der Waals surface area contributed by atoms with Crippen molar-refractivity contribution < 1.29 is 14.3 Å². The first-order valence-corrected chi connectivity index (χ1v) is 10.0. The van der Waals surface area contributed by atoms with Crippen molar-refractivity contribution in [3.63, 3.8) is 0 Å². The number of fused-ring (bicyclic) bond motifs is 1. The molecule has 0 N–H and O–H groups in total. The Morgan fingerprint density at radius 2 is 1.93 bits per heavy atom. The maximum atomic E-state index is 12.9. The number of ether oxygens (including phenoxy) is 1. The minimum Gasteiger partial charge on any atom is -0.378 e. The van der Waals surface area contributed by atoms with Gasteiger partial charge < -0.3 is 14.5 Å². The third kappa shape index (κ3) is 3.53. The molecule has 0 unspecified atom stereocenters. The third-order valence-electron chi connectivity index (χ3n) is 4.84. The number of amides is 2. The molecule has 2 amide bonds. The van der Waals surface area contributed by atoms with E-state index in [4.69, 9.17) is 4.74 Å². The van der Waals surface area contributed by atoms with Crippen LogP contribution < -0.4 is 0 Å². The lowest BCUT2D eigenvalue weighted by atomic mass is 10.3. The molecule has 1 aromatic carbocycles. The molecule has 1 saturated heterocycles. The number of carbonyl (C=O) groups is 2. The van der Waals surface area contributed by atoms with Crippen LogP contribution in [0.5, 0.6) is 0 Å². The number of thiophene rings is 1. The van der Waals surface area contributed by atoms with E-state index in [1.807, 2.05) is 48.0 Å².